The predicted octanol–water partition coefficient (Wildman–Crippen LogP) is 4.13. The van der Waals surface area contributed by atoms with Crippen molar-refractivity contribution in [3.63, 3.8) is 0 Å². The Bertz CT molecular complexity index is 1180. The Morgan fingerprint density at radius 3 is 2.46 bits per heavy atom. The summed E-state index contributed by atoms with van der Waals surface area (Å²) in [5.74, 6) is 1.06. The number of para-hydroxylation sites is 1. The van der Waals surface area contributed by atoms with Gasteiger partial charge < -0.3 is 14.7 Å². The van der Waals surface area contributed by atoms with Crippen LogP contribution in [0, 0.1) is 12.8 Å². The van der Waals surface area contributed by atoms with Crippen molar-refractivity contribution in [2.75, 3.05) is 31.5 Å². The number of piperidine rings is 1. The van der Waals surface area contributed by atoms with Crippen molar-refractivity contribution in [3.8, 4) is 11.4 Å². The first kappa shape index (κ1) is 23.2. The van der Waals surface area contributed by atoms with Crippen LogP contribution >= 0.6 is 0 Å². The summed E-state index contributed by atoms with van der Waals surface area (Å²) in [5, 5.41) is 7.14. The lowest BCUT2D eigenvalue weighted by atomic mass is 9.95. The van der Waals surface area contributed by atoms with Gasteiger partial charge in [0.1, 0.15) is 0 Å². The minimum Gasteiger partial charge on any atom is -0.339 e. The number of anilines is 1. The van der Waals surface area contributed by atoms with Crippen LogP contribution in [0.4, 0.5) is 5.69 Å². The van der Waals surface area contributed by atoms with Crippen LogP contribution in [0.2, 0.25) is 0 Å². The Morgan fingerprint density at radius 1 is 1.00 bits per heavy atom. The molecule has 8 heteroatoms. The van der Waals surface area contributed by atoms with Gasteiger partial charge in [0.15, 0.2) is 0 Å². The topological polar surface area (TPSA) is 91.6 Å². The molecule has 182 valence electrons. The van der Waals surface area contributed by atoms with Gasteiger partial charge in [0.05, 0.1) is 17.8 Å². The molecule has 2 aliphatic heterocycles. The molecule has 2 amide bonds. The number of aromatic nitrogens is 2. The molecule has 2 fully saturated rings. The van der Waals surface area contributed by atoms with Crippen LogP contribution < -0.4 is 5.32 Å². The quantitative estimate of drug-likeness (QED) is 0.579. The third-order valence-corrected chi connectivity index (χ3v) is 6.90. The molecule has 2 aliphatic rings. The summed E-state index contributed by atoms with van der Waals surface area (Å²) in [6.45, 7) is 5.73. The van der Waals surface area contributed by atoms with Gasteiger partial charge in [-0.1, -0.05) is 47.1 Å². The number of carbonyl (C=O) groups is 2. The number of benzene rings is 2. The van der Waals surface area contributed by atoms with E-state index in [-0.39, 0.29) is 17.7 Å². The highest BCUT2D eigenvalue weighted by Gasteiger charge is 2.28. The van der Waals surface area contributed by atoms with E-state index in [4.69, 9.17) is 4.52 Å². The van der Waals surface area contributed by atoms with E-state index < -0.39 is 0 Å². The number of hydrogen-bond acceptors (Lipinski definition) is 6. The fourth-order valence-corrected chi connectivity index (χ4v) is 4.79. The summed E-state index contributed by atoms with van der Waals surface area (Å²) in [4.78, 5) is 34.6. The van der Waals surface area contributed by atoms with Crippen LogP contribution in [-0.4, -0.2) is 57.9 Å². The number of nitrogens with one attached hydrogen (secondary N) is 1. The van der Waals surface area contributed by atoms with Gasteiger partial charge in [0.2, 0.25) is 17.6 Å². The van der Waals surface area contributed by atoms with E-state index in [9.17, 15) is 9.59 Å². The Labute approximate surface area is 205 Å². The Hall–Kier alpha value is -3.52. The molecule has 0 bridgehead atoms. The maximum atomic E-state index is 13.0. The summed E-state index contributed by atoms with van der Waals surface area (Å²) in [5.41, 5.74) is 3.29. The largest absolute Gasteiger partial charge is 0.339 e. The van der Waals surface area contributed by atoms with E-state index in [1.807, 2.05) is 54.3 Å². The third kappa shape index (κ3) is 5.43. The van der Waals surface area contributed by atoms with Crippen molar-refractivity contribution < 1.29 is 14.1 Å². The molecule has 1 aromatic heterocycles. The van der Waals surface area contributed by atoms with Crippen molar-refractivity contribution >= 4 is 17.5 Å². The van der Waals surface area contributed by atoms with Crippen LogP contribution in [-0.2, 0) is 11.3 Å². The number of aryl methyl sites for hydroxylation is 1. The van der Waals surface area contributed by atoms with E-state index in [1.165, 1.54) is 5.56 Å². The number of amides is 2. The molecule has 0 saturated carbocycles. The van der Waals surface area contributed by atoms with Crippen LogP contribution in [0.3, 0.4) is 0 Å². The fraction of sp³-hybridized carbons (Fsp3) is 0.407. The average Bonchev–Trinajstić information content (AvgIpc) is 3.58. The fourth-order valence-electron chi connectivity index (χ4n) is 4.79. The Balaban J connectivity index is 1.15. The molecule has 3 heterocycles. The zero-order chi connectivity index (χ0) is 24.2. The average molecular weight is 474 g/mol. The molecule has 8 nitrogen and oxygen atoms in total. The molecule has 0 radical (unpaired) electrons. The zero-order valence-corrected chi connectivity index (χ0v) is 20.1. The molecule has 35 heavy (non-hydrogen) atoms. The number of carbonyl (C=O) groups excluding carboxylic acids is 2. The van der Waals surface area contributed by atoms with Gasteiger partial charge in [-0.15, -0.1) is 0 Å². The second-order valence-corrected chi connectivity index (χ2v) is 9.46. The molecule has 3 aromatic rings. The highest BCUT2D eigenvalue weighted by atomic mass is 16.5. The second kappa shape index (κ2) is 10.4. The number of hydrogen-bond donors (Lipinski definition) is 1. The molecule has 2 aromatic carbocycles. The van der Waals surface area contributed by atoms with E-state index >= 15 is 0 Å². The summed E-state index contributed by atoms with van der Waals surface area (Å²) in [7, 11) is 0. The lowest BCUT2D eigenvalue weighted by molar-refractivity contribution is -0.121. The smallest absolute Gasteiger partial charge is 0.255 e. The normalized spacial score (nSPS) is 17.0. The summed E-state index contributed by atoms with van der Waals surface area (Å²) < 4.78 is 5.47. The second-order valence-electron chi connectivity index (χ2n) is 9.46. The van der Waals surface area contributed by atoms with Gasteiger partial charge >= 0.3 is 0 Å². The van der Waals surface area contributed by atoms with Crippen LogP contribution in [0.5, 0.6) is 0 Å². The minimum absolute atomic E-state index is 0.00205. The van der Waals surface area contributed by atoms with Crippen molar-refractivity contribution in [3.05, 3.63) is 65.5 Å². The maximum absolute atomic E-state index is 13.0. The van der Waals surface area contributed by atoms with Gasteiger partial charge in [-0.05, 0) is 57.8 Å². The third-order valence-electron chi connectivity index (χ3n) is 6.90. The Kier molecular flexibility index (Phi) is 6.90. The summed E-state index contributed by atoms with van der Waals surface area (Å²) >= 11 is 0. The van der Waals surface area contributed by atoms with Crippen LogP contribution in [0.15, 0.2) is 53.1 Å². The van der Waals surface area contributed by atoms with Crippen molar-refractivity contribution in [2.24, 2.45) is 5.92 Å². The van der Waals surface area contributed by atoms with Gasteiger partial charge in [-0.3, -0.25) is 14.5 Å². The van der Waals surface area contributed by atoms with Crippen molar-refractivity contribution in [2.45, 2.75) is 39.2 Å². The number of likely N-dealkylation sites (tertiary alicyclic amines) is 2. The predicted molar refractivity (Wildman–Crippen MR) is 133 cm³/mol. The van der Waals surface area contributed by atoms with E-state index in [0.717, 1.165) is 57.4 Å². The first-order chi connectivity index (χ1) is 17.1. The molecule has 0 unspecified atom stereocenters. The van der Waals surface area contributed by atoms with Gasteiger partial charge in [-0.25, -0.2) is 0 Å². The first-order valence-corrected chi connectivity index (χ1v) is 12.4. The van der Waals surface area contributed by atoms with Crippen LogP contribution in [0.25, 0.3) is 11.4 Å². The minimum atomic E-state index is -0.0907. The Morgan fingerprint density at radius 2 is 1.71 bits per heavy atom. The zero-order valence-electron chi connectivity index (χ0n) is 20.1. The first-order valence-electron chi connectivity index (χ1n) is 12.4. The summed E-state index contributed by atoms with van der Waals surface area (Å²) in [6.07, 6.45) is 3.56. The number of rotatable bonds is 6. The van der Waals surface area contributed by atoms with Crippen LogP contribution in [0.1, 0.15) is 47.5 Å². The molecule has 0 atom stereocenters. The van der Waals surface area contributed by atoms with E-state index in [0.29, 0.717) is 29.5 Å². The SMILES string of the molecule is Cc1ccc(-c2noc(CN3CCC(C(=O)Nc4ccccc4C(=O)N4CCCC4)CC3)n2)cc1. The van der Waals surface area contributed by atoms with Gasteiger partial charge in [0.25, 0.3) is 5.91 Å². The molecule has 1 N–H and O–H groups in total. The van der Waals surface area contributed by atoms with E-state index in [2.05, 4.69) is 20.4 Å². The summed E-state index contributed by atoms with van der Waals surface area (Å²) in [6, 6.07) is 15.4. The van der Waals surface area contributed by atoms with E-state index in [1.54, 1.807) is 6.07 Å². The maximum Gasteiger partial charge on any atom is 0.255 e. The lowest BCUT2D eigenvalue weighted by Crippen LogP contribution is -2.38. The standard InChI is InChI=1S/C27H31N5O3/c1-19-8-10-20(11-9-19)25-29-24(35-30-25)18-31-16-12-21(13-17-31)26(33)28-23-7-3-2-6-22(23)27(34)32-14-4-5-15-32/h2-3,6-11,21H,4-5,12-18H2,1H3,(H,28,33). The molecular weight excluding hydrogens is 442 g/mol. The molecule has 0 aliphatic carbocycles. The molecule has 0 spiro atoms. The van der Waals surface area contributed by atoms with Gasteiger partial charge in [-0.2, -0.15) is 4.98 Å². The highest BCUT2D eigenvalue weighted by Crippen LogP contribution is 2.24. The lowest BCUT2D eigenvalue weighted by Gasteiger charge is -2.30. The van der Waals surface area contributed by atoms with Gasteiger partial charge in [0, 0.05) is 24.6 Å². The van der Waals surface area contributed by atoms with Crippen molar-refractivity contribution in [1.82, 2.24) is 19.9 Å². The highest BCUT2D eigenvalue weighted by molar-refractivity contribution is 6.04. The molecule has 2 saturated heterocycles. The number of nitrogens with zero attached hydrogens (tertiary/aromatic N) is 4. The molecular formula is C27H31N5O3. The van der Waals surface area contributed by atoms with Crippen molar-refractivity contribution in [1.29, 1.82) is 0 Å². The monoisotopic (exact) mass is 473 g/mol. The molecule has 5 rings (SSSR count).